The second kappa shape index (κ2) is 16.0. The lowest BCUT2D eigenvalue weighted by molar-refractivity contribution is 0.0386. The van der Waals surface area contributed by atoms with Crippen molar-refractivity contribution in [2.75, 3.05) is 33.3 Å². The van der Waals surface area contributed by atoms with E-state index < -0.39 is 6.23 Å². The smallest absolute Gasteiger partial charge is 0.175 e. The number of hydrogen-bond donors (Lipinski definition) is 1. The average Bonchev–Trinajstić information content (AvgIpc) is 3.96. The van der Waals surface area contributed by atoms with Crippen LogP contribution < -0.4 is 5.32 Å². The molecule has 1 N–H and O–H groups in total. The van der Waals surface area contributed by atoms with Crippen LogP contribution in [-0.4, -0.2) is 56.3 Å². The highest BCUT2D eigenvalue weighted by Gasteiger charge is 2.42. The first-order valence-electron chi connectivity index (χ1n) is 17.4. The van der Waals surface area contributed by atoms with Gasteiger partial charge in [0.25, 0.3) is 0 Å². The van der Waals surface area contributed by atoms with E-state index in [9.17, 15) is 0 Å². The van der Waals surface area contributed by atoms with E-state index in [0.29, 0.717) is 29.9 Å². The Morgan fingerprint density at radius 1 is 1.20 bits per heavy atom. The summed E-state index contributed by atoms with van der Waals surface area (Å²) in [5.74, 6) is 0.669. The quantitative estimate of drug-likeness (QED) is 0.237. The Morgan fingerprint density at radius 2 is 1.95 bits per heavy atom. The van der Waals surface area contributed by atoms with Crippen molar-refractivity contribution in [3.05, 3.63) is 50.9 Å². The molecule has 2 saturated carbocycles. The van der Waals surface area contributed by atoms with Crippen molar-refractivity contribution in [1.29, 1.82) is 0 Å². The van der Waals surface area contributed by atoms with Gasteiger partial charge in [0.2, 0.25) is 0 Å². The molecule has 0 amide bonds. The first-order valence-corrected chi connectivity index (χ1v) is 17.7. The molecule has 1 saturated heterocycles. The highest BCUT2D eigenvalue weighted by Crippen LogP contribution is 2.48. The van der Waals surface area contributed by atoms with E-state index in [-0.39, 0.29) is 11.2 Å². The number of rotatable bonds is 13. The number of benzene rings is 1. The van der Waals surface area contributed by atoms with Gasteiger partial charge in [-0.25, -0.2) is 4.39 Å². The fourth-order valence-electron chi connectivity index (χ4n) is 6.77. The van der Waals surface area contributed by atoms with Crippen LogP contribution in [0.5, 0.6) is 0 Å². The van der Waals surface area contributed by atoms with E-state index in [1.807, 2.05) is 34.0 Å². The molecule has 0 bridgehead atoms. The number of hydrogen-bond acceptors (Lipinski definition) is 5. The minimum absolute atomic E-state index is 0.184. The van der Waals surface area contributed by atoms with E-state index in [4.69, 9.17) is 26.3 Å². The minimum atomic E-state index is -0.470. The van der Waals surface area contributed by atoms with Gasteiger partial charge in [0, 0.05) is 53.1 Å². The number of aliphatic imine (C=N–C) groups is 2. The number of halogens is 2. The van der Waals surface area contributed by atoms with E-state index in [2.05, 4.69) is 43.1 Å². The molecule has 5 rings (SSSR count). The van der Waals surface area contributed by atoms with Gasteiger partial charge in [-0.1, -0.05) is 52.1 Å². The SMILES string of the molecule is CC.CCCc1cc(Cl)c(C2CC2)c(C2=C(F)C(=N/C(C)OCC3(CNC)CC3)/C(=C(\C)N3CCCC(CCC)C3)C=N2)c1. The molecule has 4 aliphatic rings. The van der Waals surface area contributed by atoms with Crippen LogP contribution in [0, 0.1) is 11.3 Å². The highest BCUT2D eigenvalue weighted by molar-refractivity contribution is 6.32. The predicted molar refractivity (Wildman–Crippen MR) is 186 cm³/mol. The third-order valence-corrected chi connectivity index (χ3v) is 9.81. The standard InChI is InChI=1S/C35H50ClFN4O.C2H6/c1-6-9-25-11-8-16-41(20-25)23(3)29-19-39-33(28-17-26(10-7-2)18-30(36)31(28)27-12-13-27)32(37)34(29)40-24(4)42-22-35(14-15-35)21-38-5;1-2/h17-19,24-25,27,38H,6-16,20-22H2,1-5H3;1-2H3/b29-23+,40-34+;. The second-order valence-electron chi connectivity index (χ2n) is 13.1. The molecule has 244 valence electrons. The van der Waals surface area contributed by atoms with E-state index in [0.717, 1.165) is 97.6 Å². The lowest BCUT2D eigenvalue weighted by Crippen LogP contribution is -2.36. The molecular weight excluding hydrogens is 571 g/mol. The van der Waals surface area contributed by atoms with Crippen molar-refractivity contribution in [2.45, 2.75) is 118 Å². The molecular formula is C37H56ClFN4O. The number of aryl methyl sites for hydroxylation is 1. The maximum atomic E-state index is 16.9. The Hall–Kier alpha value is -2.02. The third-order valence-electron chi connectivity index (χ3n) is 9.49. The predicted octanol–water partition coefficient (Wildman–Crippen LogP) is 9.51. The molecule has 44 heavy (non-hydrogen) atoms. The fourth-order valence-corrected chi connectivity index (χ4v) is 7.17. The number of allylic oxidation sites excluding steroid dienone is 3. The average molecular weight is 627 g/mol. The van der Waals surface area contributed by atoms with Gasteiger partial charge >= 0.3 is 0 Å². The third kappa shape index (κ3) is 8.41. The van der Waals surface area contributed by atoms with E-state index in [1.165, 1.54) is 19.3 Å². The number of ether oxygens (including phenoxy) is 1. The number of nitrogens with zero attached hydrogens (tertiary/aromatic N) is 3. The Balaban J connectivity index is 0.00000216. The first kappa shape index (κ1) is 34.8. The Kier molecular flexibility index (Phi) is 12.7. The zero-order valence-corrected chi connectivity index (χ0v) is 29.1. The Morgan fingerprint density at radius 3 is 2.59 bits per heavy atom. The summed E-state index contributed by atoms with van der Waals surface area (Å²) < 4.78 is 23.2. The van der Waals surface area contributed by atoms with Crippen LogP contribution in [0.25, 0.3) is 5.70 Å². The monoisotopic (exact) mass is 626 g/mol. The van der Waals surface area contributed by atoms with Crippen molar-refractivity contribution < 1.29 is 9.13 Å². The summed E-state index contributed by atoms with van der Waals surface area (Å²) in [6.45, 7) is 16.0. The summed E-state index contributed by atoms with van der Waals surface area (Å²) in [6, 6.07) is 4.18. The normalized spacial score (nSPS) is 23.9. The van der Waals surface area contributed by atoms with Crippen LogP contribution in [0.2, 0.25) is 5.02 Å². The van der Waals surface area contributed by atoms with Gasteiger partial charge in [-0.15, -0.1) is 0 Å². The topological polar surface area (TPSA) is 49.2 Å². The number of nitrogens with one attached hydrogen (secondary N) is 1. The number of piperidine rings is 1. The summed E-state index contributed by atoms with van der Waals surface area (Å²) in [5, 5.41) is 4.02. The molecule has 7 heteroatoms. The van der Waals surface area contributed by atoms with Crippen LogP contribution in [0.1, 0.15) is 122 Å². The summed E-state index contributed by atoms with van der Waals surface area (Å²) in [7, 11) is 1.98. The molecule has 2 aliphatic heterocycles. The molecule has 1 aromatic rings. The van der Waals surface area contributed by atoms with Gasteiger partial charge in [0.15, 0.2) is 5.83 Å². The van der Waals surface area contributed by atoms with Crippen molar-refractivity contribution in [3.63, 3.8) is 0 Å². The molecule has 5 nitrogen and oxygen atoms in total. The molecule has 0 aromatic heterocycles. The lowest BCUT2D eigenvalue weighted by atomic mass is 9.91. The molecule has 2 heterocycles. The zero-order chi connectivity index (χ0) is 31.9. The Bertz CT molecular complexity index is 1260. The molecule has 3 fully saturated rings. The lowest BCUT2D eigenvalue weighted by Gasteiger charge is -2.36. The summed E-state index contributed by atoms with van der Waals surface area (Å²) in [6.07, 6.45) is 12.6. The Labute approximate surface area is 271 Å². The highest BCUT2D eigenvalue weighted by atomic mass is 35.5. The fraction of sp³-hybridized carbons (Fsp3) is 0.676. The minimum Gasteiger partial charge on any atom is -0.374 e. The molecule has 2 unspecified atom stereocenters. The van der Waals surface area contributed by atoms with Crippen molar-refractivity contribution >= 4 is 29.2 Å². The van der Waals surface area contributed by atoms with E-state index >= 15 is 4.39 Å². The second-order valence-corrected chi connectivity index (χ2v) is 13.6. The van der Waals surface area contributed by atoms with E-state index in [1.54, 1.807) is 0 Å². The van der Waals surface area contributed by atoms with Crippen molar-refractivity contribution in [3.8, 4) is 0 Å². The molecule has 2 aliphatic carbocycles. The number of likely N-dealkylation sites (tertiary alicyclic amines) is 1. The molecule has 2 atom stereocenters. The molecule has 1 aromatic carbocycles. The molecule has 0 radical (unpaired) electrons. The van der Waals surface area contributed by atoms with Gasteiger partial charge in [-0.3, -0.25) is 9.98 Å². The molecule has 0 spiro atoms. The largest absolute Gasteiger partial charge is 0.374 e. The summed E-state index contributed by atoms with van der Waals surface area (Å²) in [4.78, 5) is 12.2. The van der Waals surface area contributed by atoms with Crippen molar-refractivity contribution in [2.24, 2.45) is 21.3 Å². The van der Waals surface area contributed by atoms with Crippen LogP contribution in [0.15, 0.2) is 39.2 Å². The van der Waals surface area contributed by atoms with Crippen LogP contribution in [0.4, 0.5) is 4.39 Å². The summed E-state index contributed by atoms with van der Waals surface area (Å²) in [5.41, 5.74) is 5.70. The zero-order valence-electron chi connectivity index (χ0n) is 28.4. The van der Waals surface area contributed by atoms with Crippen LogP contribution >= 0.6 is 11.6 Å². The summed E-state index contributed by atoms with van der Waals surface area (Å²) >= 11 is 6.86. The first-order chi connectivity index (χ1) is 21.3. The van der Waals surface area contributed by atoms with Gasteiger partial charge in [0.05, 0.1) is 6.61 Å². The van der Waals surface area contributed by atoms with Crippen LogP contribution in [0.3, 0.4) is 0 Å². The van der Waals surface area contributed by atoms with Gasteiger partial charge in [-0.05, 0) is 107 Å². The van der Waals surface area contributed by atoms with Crippen molar-refractivity contribution in [1.82, 2.24) is 10.2 Å². The van der Waals surface area contributed by atoms with Crippen LogP contribution in [-0.2, 0) is 11.2 Å². The van der Waals surface area contributed by atoms with Gasteiger partial charge < -0.3 is 15.0 Å². The maximum absolute atomic E-state index is 16.9. The van der Waals surface area contributed by atoms with Gasteiger partial charge in [-0.2, -0.15) is 0 Å². The maximum Gasteiger partial charge on any atom is 0.175 e. The van der Waals surface area contributed by atoms with Gasteiger partial charge in [0.1, 0.15) is 17.6 Å².